The standard InChI is InChI=1S/C15H19FN2O3/c1-12(19)18(14-4-2-13(16)3-5-14)7-6-15(20)17-8-10-21-11-9-17/h2-5H,6-11H2,1H3. The molecule has 2 amide bonds. The predicted octanol–water partition coefficient (Wildman–Crippen LogP) is 1.43. The second-order valence-electron chi connectivity index (χ2n) is 4.89. The number of carbonyl (C=O) groups is 2. The van der Waals surface area contributed by atoms with Gasteiger partial charge in [0.05, 0.1) is 13.2 Å². The van der Waals surface area contributed by atoms with E-state index in [-0.39, 0.29) is 30.6 Å². The van der Waals surface area contributed by atoms with Crippen molar-refractivity contribution in [3.05, 3.63) is 30.1 Å². The smallest absolute Gasteiger partial charge is 0.224 e. The molecule has 0 radical (unpaired) electrons. The molecule has 1 heterocycles. The summed E-state index contributed by atoms with van der Waals surface area (Å²) in [6.45, 7) is 4.02. The van der Waals surface area contributed by atoms with Crippen molar-refractivity contribution in [2.75, 3.05) is 37.7 Å². The Morgan fingerprint density at radius 2 is 1.86 bits per heavy atom. The number of rotatable bonds is 4. The van der Waals surface area contributed by atoms with Crippen molar-refractivity contribution in [3.63, 3.8) is 0 Å². The Labute approximate surface area is 123 Å². The number of hydrogen-bond acceptors (Lipinski definition) is 3. The number of morpholine rings is 1. The third-order valence-corrected chi connectivity index (χ3v) is 3.43. The molecule has 2 rings (SSSR count). The van der Waals surface area contributed by atoms with Crippen LogP contribution in [0.15, 0.2) is 24.3 Å². The molecule has 21 heavy (non-hydrogen) atoms. The van der Waals surface area contributed by atoms with Crippen molar-refractivity contribution in [2.24, 2.45) is 0 Å². The molecule has 5 nitrogen and oxygen atoms in total. The monoisotopic (exact) mass is 294 g/mol. The Hall–Kier alpha value is -1.95. The zero-order valence-electron chi connectivity index (χ0n) is 12.0. The molecule has 0 unspecified atom stereocenters. The fraction of sp³-hybridized carbons (Fsp3) is 0.467. The average Bonchev–Trinajstić information content (AvgIpc) is 2.49. The normalized spacial score (nSPS) is 14.9. The second-order valence-corrected chi connectivity index (χ2v) is 4.89. The molecule has 0 aromatic heterocycles. The topological polar surface area (TPSA) is 49.9 Å². The van der Waals surface area contributed by atoms with Crippen molar-refractivity contribution in [2.45, 2.75) is 13.3 Å². The van der Waals surface area contributed by atoms with Crippen LogP contribution in [0, 0.1) is 5.82 Å². The number of halogens is 1. The van der Waals surface area contributed by atoms with E-state index in [2.05, 4.69) is 0 Å². The molecule has 0 bridgehead atoms. The highest BCUT2D eigenvalue weighted by Crippen LogP contribution is 2.16. The molecule has 1 aliphatic rings. The van der Waals surface area contributed by atoms with Gasteiger partial charge in [0.2, 0.25) is 11.8 Å². The van der Waals surface area contributed by atoms with Crippen LogP contribution in [-0.2, 0) is 14.3 Å². The highest BCUT2D eigenvalue weighted by Gasteiger charge is 2.19. The third-order valence-electron chi connectivity index (χ3n) is 3.43. The molecule has 6 heteroatoms. The summed E-state index contributed by atoms with van der Waals surface area (Å²) in [6, 6.07) is 5.68. The number of hydrogen-bond donors (Lipinski definition) is 0. The number of amides is 2. The van der Waals surface area contributed by atoms with Gasteiger partial charge < -0.3 is 14.5 Å². The van der Waals surface area contributed by atoms with Gasteiger partial charge in [-0.2, -0.15) is 0 Å². The molecular formula is C15H19FN2O3. The Morgan fingerprint density at radius 1 is 1.24 bits per heavy atom. The first-order valence-electron chi connectivity index (χ1n) is 6.97. The van der Waals surface area contributed by atoms with E-state index in [1.165, 1.54) is 36.1 Å². The maximum atomic E-state index is 12.9. The van der Waals surface area contributed by atoms with E-state index in [1.807, 2.05) is 0 Å². The van der Waals surface area contributed by atoms with Gasteiger partial charge in [0, 0.05) is 38.7 Å². The highest BCUT2D eigenvalue weighted by molar-refractivity contribution is 5.92. The van der Waals surface area contributed by atoms with E-state index in [0.29, 0.717) is 32.0 Å². The van der Waals surface area contributed by atoms with Crippen LogP contribution in [0.2, 0.25) is 0 Å². The molecule has 1 saturated heterocycles. The van der Waals surface area contributed by atoms with Gasteiger partial charge in [0.1, 0.15) is 5.82 Å². The first kappa shape index (κ1) is 15.4. The maximum Gasteiger partial charge on any atom is 0.224 e. The van der Waals surface area contributed by atoms with E-state index in [9.17, 15) is 14.0 Å². The lowest BCUT2D eigenvalue weighted by atomic mass is 10.2. The molecule has 0 saturated carbocycles. The van der Waals surface area contributed by atoms with Crippen LogP contribution in [0.4, 0.5) is 10.1 Å². The fourth-order valence-corrected chi connectivity index (χ4v) is 2.27. The maximum absolute atomic E-state index is 12.9. The van der Waals surface area contributed by atoms with Gasteiger partial charge in [-0.1, -0.05) is 0 Å². The lowest BCUT2D eigenvalue weighted by molar-refractivity contribution is -0.135. The zero-order chi connectivity index (χ0) is 15.2. The minimum atomic E-state index is -0.355. The molecule has 0 N–H and O–H groups in total. The number of nitrogens with zero attached hydrogens (tertiary/aromatic N) is 2. The van der Waals surface area contributed by atoms with Gasteiger partial charge in [-0.3, -0.25) is 9.59 Å². The number of anilines is 1. The van der Waals surface area contributed by atoms with Crippen LogP contribution in [0.3, 0.4) is 0 Å². The minimum Gasteiger partial charge on any atom is -0.378 e. The summed E-state index contributed by atoms with van der Waals surface area (Å²) >= 11 is 0. The molecule has 114 valence electrons. The zero-order valence-corrected chi connectivity index (χ0v) is 12.0. The molecular weight excluding hydrogens is 275 g/mol. The second kappa shape index (κ2) is 7.17. The number of carbonyl (C=O) groups excluding carboxylic acids is 2. The van der Waals surface area contributed by atoms with Gasteiger partial charge in [-0.15, -0.1) is 0 Å². The molecule has 1 aromatic rings. The summed E-state index contributed by atoms with van der Waals surface area (Å²) < 4.78 is 18.1. The Kier molecular flexibility index (Phi) is 5.27. The van der Waals surface area contributed by atoms with Gasteiger partial charge in [0.15, 0.2) is 0 Å². The van der Waals surface area contributed by atoms with Crippen molar-refractivity contribution >= 4 is 17.5 Å². The molecule has 0 atom stereocenters. The van der Waals surface area contributed by atoms with E-state index in [0.717, 1.165) is 0 Å². The molecule has 1 aromatic carbocycles. The summed E-state index contributed by atoms with van der Waals surface area (Å²) in [6.07, 6.45) is 0.247. The molecule has 0 aliphatic carbocycles. The lowest BCUT2D eigenvalue weighted by Crippen LogP contribution is -2.42. The van der Waals surface area contributed by atoms with Crippen molar-refractivity contribution in [3.8, 4) is 0 Å². The SMILES string of the molecule is CC(=O)N(CCC(=O)N1CCOCC1)c1ccc(F)cc1. The first-order valence-corrected chi connectivity index (χ1v) is 6.97. The van der Waals surface area contributed by atoms with Crippen molar-refractivity contribution in [1.82, 2.24) is 4.90 Å². The van der Waals surface area contributed by atoms with E-state index in [4.69, 9.17) is 4.74 Å². The van der Waals surface area contributed by atoms with Crippen molar-refractivity contribution < 1.29 is 18.7 Å². The van der Waals surface area contributed by atoms with Crippen LogP contribution in [0.1, 0.15) is 13.3 Å². The Morgan fingerprint density at radius 3 is 2.43 bits per heavy atom. The molecule has 1 fully saturated rings. The molecule has 1 aliphatic heterocycles. The third kappa shape index (κ3) is 4.26. The Bertz CT molecular complexity index is 498. The van der Waals surface area contributed by atoms with Gasteiger partial charge >= 0.3 is 0 Å². The Balaban J connectivity index is 1.95. The first-order chi connectivity index (χ1) is 10.1. The summed E-state index contributed by atoms with van der Waals surface area (Å²) in [5.74, 6) is -0.519. The van der Waals surface area contributed by atoms with Crippen LogP contribution in [-0.4, -0.2) is 49.6 Å². The van der Waals surface area contributed by atoms with E-state index in [1.54, 1.807) is 4.90 Å². The largest absolute Gasteiger partial charge is 0.378 e. The molecule has 0 spiro atoms. The summed E-state index contributed by atoms with van der Waals surface area (Å²) in [5, 5.41) is 0. The van der Waals surface area contributed by atoms with Crippen LogP contribution in [0.25, 0.3) is 0 Å². The van der Waals surface area contributed by atoms with Gasteiger partial charge in [-0.05, 0) is 24.3 Å². The number of benzene rings is 1. The minimum absolute atomic E-state index is 0.00617. The van der Waals surface area contributed by atoms with E-state index < -0.39 is 0 Å². The van der Waals surface area contributed by atoms with E-state index >= 15 is 0 Å². The van der Waals surface area contributed by atoms with Gasteiger partial charge in [0.25, 0.3) is 0 Å². The number of ether oxygens (including phenoxy) is 1. The highest BCUT2D eigenvalue weighted by atomic mass is 19.1. The summed E-state index contributed by atoms with van der Waals surface area (Å²) in [5.41, 5.74) is 0.596. The van der Waals surface area contributed by atoms with Crippen LogP contribution >= 0.6 is 0 Å². The quantitative estimate of drug-likeness (QED) is 0.844. The van der Waals surface area contributed by atoms with Crippen LogP contribution < -0.4 is 4.90 Å². The van der Waals surface area contributed by atoms with Crippen molar-refractivity contribution in [1.29, 1.82) is 0 Å². The fourth-order valence-electron chi connectivity index (χ4n) is 2.27. The predicted molar refractivity (Wildman–Crippen MR) is 76.4 cm³/mol. The lowest BCUT2D eigenvalue weighted by Gasteiger charge is -2.28. The van der Waals surface area contributed by atoms with Gasteiger partial charge in [-0.25, -0.2) is 4.39 Å². The van der Waals surface area contributed by atoms with Crippen LogP contribution in [0.5, 0.6) is 0 Å². The average molecular weight is 294 g/mol. The summed E-state index contributed by atoms with van der Waals surface area (Å²) in [7, 11) is 0. The summed E-state index contributed by atoms with van der Waals surface area (Å²) in [4.78, 5) is 27.0.